The Morgan fingerprint density at radius 3 is 2.72 bits per heavy atom. The third-order valence-corrected chi connectivity index (χ3v) is 5.02. The summed E-state index contributed by atoms with van der Waals surface area (Å²) in [6.45, 7) is 3.71. The number of urea groups is 1. The molecule has 0 unspecified atom stereocenters. The molecule has 0 spiro atoms. The normalized spacial score (nSPS) is 16.9. The number of thiophene rings is 1. The second-order valence-electron chi connectivity index (χ2n) is 5.75. The molecule has 3 N–H and O–H groups in total. The number of benzene rings is 1. The Bertz CT molecular complexity index is 857. The molecule has 1 aromatic heterocycles. The molecule has 2 aromatic rings. The van der Waals surface area contributed by atoms with E-state index in [1.165, 1.54) is 11.3 Å². The summed E-state index contributed by atoms with van der Waals surface area (Å²) in [4.78, 5) is 25.7. The van der Waals surface area contributed by atoms with E-state index in [0.717, 1.165) is 10.4 Å². The van der Waals surface area contributed by atoms with Crippen LogP contribution in [0.5, 0.6) is 5.75 Å². The van der Waals surface area contributed by atoms with Crippen LogP contribution >= 0.6 is 11.3 Å². The van der Waals surface area contributed by atoms with Gasteiger partial charge in [-0.3, -0.25) is 4.79 Å². The molecule has 0 bridgehead atoms. The van der Waals surface area contributed by atoms with Gasteiger partial charge in [0.05, 0.1) is 24.4 Å². The van der Waals surface area contributed by atoms with E-state index in [9.17, 15) is 9.59 Å². The Hall–Kier alpha value is -2.80. The van der Waals surface area contributed by atoms with Gasteiger partial charge in [-0.2, -0.15) is 0 Å². The smallest absolute Gasteiger partial charge is 0.319 e. The fourth-order valence-electron chi connectivity index (χ4n) is 2.75. The van der Waals surface area contributed by atoms with Gasteiger partial charge in [-0.15, -0.1) is 11.3 Å². The van der Waals surface area contributed by atoms with Gasteiger partial charge in [0.25, 0.3) is 5.91 Å². The Balaban J connectivity index is 1.95. The van der Waals surface area contributed by atoms with Crippen LogP contribution in [0, 0.1) is 6.92 Å². The van der Waals surface area contributed by atoms with Crippen LogP contribution < -0.4 is 20.7 Å². The molecule has 1 atom stereocenters. The molecule has 1 aliphatic rings. The Morgan fingerprint density at radius 1 is 1.28 bits per heavy atom. The number of para-hydroxylation sites is 2. The molecule has 2 heterocycles. The molecule has 0 fully saturated rings. The van der Waals surface area contributed by atoms with Crippen LogP contribution in [0.3, 0.4) is 0 Å². The molecular formula is C18H19N3O3S. The zero-order chi connectivity index (χ0) is 18.0. The van der Waals surface area contributed by atoms with Crippen molar-refractivity contribution in [2.24, 2.45) is 0 Å². The first-order valence-electron chi connectivity index (χ1n) is 7.77. The lowest BCUT2D eigenvalue weighted by Crippen LogP contribution is -2.45. The molecule has 25 heavy (non-hydrogen) atoms. The van der Waals surface area contributed by atoms with Crippen LogP contribution in [-0.4, -0.2) is 19.0 Å². The second-order valence-corrected chi connectivity index (χ2v) is 6.69. The summed E-state index contributed by atoms with van der Waals surface area (Å²) < 4.78 is 5.28. The van der Waals surface area contributed by atoms with Crippen molar-refractivity contribution >= 4 is 29.0 Å². The van der Waals surface area contributed by atoms with Gasteiger partial charge >= 0.3 is 6.03 Å². The lowest BCUT2D eigenvalue weighted by Gasteiger charge is -2.27. The van der Waals surface area contributed by atoms with Crippen LogP contribution in [-0.2, 0) is 4.79 Å². The van der Waals surface area contributed by atoms with Crippen molar-refractivity contribution in [3.63, 3.8) is 0 Å². The molecule has 0 aliphatic carbocycles. The fourth-order valence-corrected chi connectivity index (χ4v) is 3.71. The number of amides is 3. The van der Waals surface area contributed by atoms with Gasteiger partial charge in [-0.05, 0) is 43.0 Å². The van der Waals surface area contributed by atoms with E-state index in [1.54, 1.807) is 26.2 Å². The van der Waals surface area contributed by atoms with E-state index < -0.39 is 6.04 Å². The third kappa shape index (κ3) is 3.51. The van der Waals surface area contributed by atoms with Crippen LogP contribution in [0.15, 0.2) is 47.0 Å². The summed E-state index contributed by atoms with van der Waals surface area (Å²) in [5.41, 5.74) is 2.68. The highest BCUT2D eigenvalue weighted by Crippen LogP contribution is 2.32. The highest BCUT2D eigenvalue weighted by atomic mass is 32.1. The fraction of sp³-hybridized carbons (Fsp3) is 0.222. The molecule has 7 heteroatoms. The monoisotopic (exact) mass is 357 g/mol. The standard InChI is InChI=1S/C18H19N3O3S/c1-10-8-14(25-9-10)16-15(11(2)19-18(23)21-16)17(22)20-12-6-4-5-7-13(12)24-3/h4-9,16H,1-3H3,(H,20,22)(H2,19,21,23)/t16-/m1/s1. The van der Waals surface area contributed by atoms with Crippen molar-refractivity contribution in [2.45, 2.75) is 19.9 Å². The maximum absolute atomic E-state index is 12.9. The summed E-state index contributed by atoms with van der Waals surface area (Å²) >= 11 is 1.51. The molecule has 3 amide bonds. The number of ether oxygens (including phenoxy) is 1. The number of carbonyl (C=O) groups excluding carboxylic acids is 2. The predicted octanol–water partition coefficient (Wildman–Crippen LogP) is 3.33. The first-order valence-corrected chi connectivity index (χ1v) is 8.65. The number of allylic oxidation sites excluding steroid dienone is 1. The Labute approximate surface area is 149 Å². The number of carbonyl (C=O) groups is 2. The number of hydrogen-bond donors (Lipinski definition) is 3. The molecule has 3 rings (SSSR count). The molecule has 1 aromatic carbocycles. The SMILES string of the molecule is COc1ccccc1NC(=O)C1=C(C)NC(=O)N[C@@H]1c1cc(C)cs1. The largest absolute Gasteiger partial charge is 0.495 e. The van der Waals surface area contributed by atoms with Gasteiger partial charge in [-0.1, -0.05) is 12.1 Å². The zero-order valence-corrected chi connectivity index (χ0v) is 15.0. The quantitative estimate of drug-likeness (QED) is 0.785. The zero-order valence-electron chi connectivity index (χ0n) is 14.2. The number of hydrogen-bond acceptors (Lipinski definition) is 4. The van der Waals surface area contributed by atoms with Gasteiger partial charge < -0.3 is 20.7 Å². The molecule has 0 radical (unpaired) electrons. The minimum absolute atomic E-state index is 0.287. The van der Waals surface area contributed by atoms with Crippen LogP contribution in [0.1, 0.15) is 23.4 Å². The van der Waals surface area contributed by atoms with Crippen molar-refractivity contribution in [3.05, 3.63) is 57.4 Å². The topological polar surface area (TPSA) is 79.5 Å². The lowest BCUT2D eigenvalue weighted by molar-refractivity contribution is -0.113. The number of aryl methyl sites for hydroxylation is 1. The highest BCUT2D eigenvalue weighted by Gasteiger charge is 2.32. The number of nitrogens with one attached hydrogen (secondary N) is 3. The minimum Gasteiger partial charge on any atom is -0.495 e. The summed E-state index contributed by atoms with van der Waals surface area (Å²) in [7, 11) is 1.55. The van der Waals surface area contributed by atoms with E-state index in [1.807, 2.05) is 30.5 Å². The van der Waals surface area contributed by atoms with Crippen LogP contribution in [0.2, 0.25) is 0 Å². The van der Waals surface area contributed by atoms with Gasteiger partial charge in [-0.25, -0.2) is 4.79 Å². The summed E-state index contributed by atoms with van der Waals surface area (Å²) in [5, 5.41) is 10.4. The van der Waals surface area contributed by atoms with Crippen molar-refractivity contribution in [3.8, 4) is 5.75 Å². The average Bonchev–Trinajstić information content (AvgIpc) is 3.01. The summed E-state index contributed by atoms with van der Waals surface area (Å²) in [5.74, 6) is 0.288. The van der Waals surface area contributed by atoms with E-state index >= 15 is 0 Å². The average molecular weight is 357 g/mol. The Kier molecular flexibility index (Phi) is 4.76. The molecule has 6 nitrogen and oxygen atoms in total. The van der Waals surface area contributed by atoms with E-state index in [-0.39, 0.29) is 11.9 Å². The minimum atomic E-state index is -0.484. The van der Waals surface area contributed by atoms with Gasteiger partial charge in [0.2, 0.25) is 0 Å². The summed E-state index contributed by atoms with van der Waals surface area (Å²) in [6.07, 6.45) is 0. The van der Waals surface area contributed by atoms with Crippen LogP contribution in [0.4, 0.5) is 10.5 Å². The van der Waals surface area contributed by atoms with Crippen molar-refractivity contribution < 1.29 is 14.3 Å². The maximum atomic E-state index is 12.9. The predicted molar refractivity (Wildman–Crippen MR) is 97.8 cm³/mol. The first kappa shape index (κ1) is 17.0. The van der Waals surface area contributed by atoms with E-state index in [4.69, 9.17) is 4.74 Å². The van der Waals surface area contributed by atoms with E-state index in [2.05, 4.69) is 16.0 Å². The first-order chi connectivity index (χ1) is 12.0. The molecular weight excluding hydrogens is 338 g/mol. The molecule has 0 saturated carbocycles. The lowest BCUT2D eigenvalue weighted by atomic mass is 10.00. The number of methoxy groups -OCH3 is 1. The molecule has 0 saturated heterocycles. The van der Waals surface area contributed by atoms with Crippen molar-refractivity contribution in [1.29, 1.82) is 0 Å². The van der Waals surface area contributed by atoms with Crippen molar-refractivity contribution in [1.82, 2.24) is 10.6 Å². The highest BCUT2D eigenvalue weighted by molar-refractivity contribution is 7.10. The van der Waals surface area contributed by atoms with Crippen LogP contribution in [0.25, 0.3) is 0 Å². The molecule has 1 aliphatic heterocycles. The molecule has 130 valence electrons. The second kappa shape index (κ2) is 6.98. The third-order valence-electron chi connectivity index (χ3n) is 3.90. The van der Waals surface area contributed by atoms with Gasteiger partial charge in [0.1, 0.15) is 5.75 Å². The van der Waals surface area contributed by atoms with Gasteiger partial charge in [0, 0.05) is 10.6 Å². The van der Waals surface area contributed by atoms with E-state index in [0.29, 0.717) is 22.7 Å². The number of anilines is 1. The number of rotatable bonds is 4. The maximum Gasteiger partial charge on any atom is 0.319 e. The Morgan fingerprint density at radius 2 is 2.04 bits per heavy atom. The summed E-state index contributed by atoms with van der Waals surface area (Å²) in [6, 6.07) is 8.37. The van der Waals surface area contributed by atoms with Gasteiger partial charge in [0.15, 0.2) is 0 Å². The van der Waals surface area contributed by atoms with Crippen molar-refractivity contribution in [2.75, 3.05) is 12.4 Å².